The molecule has 4 heteroatoms. The molecule has 0 radical (unpaired) electrons. The summed E-state index contributed by atoms with van der Waals surface area (Å²) in [6.45, 7) is 2.17. The van der Waals surface area contributed by atoms with Crippen molar-refractivity contribution < 1.29 is 9.26 Å². The molecule has 2 N–H and O–H groups in total. The summed E-state index contributed by atoms with van der Waals surface area (Å²) in [7, 11) is 0. The van der Waals surface area contributed by atoms with E-state index in [2.05, 4.69) is 5.16 Å². The van der Waals surface area contributed by atoms with E-state index in [9.17, 15) is 0 Å². The fourth-order valence-corrected chi connectivity index (χ4v) is 1.58. The molecule has 0 amide bonds. The third-order valence-electron chi connectivity index (χ3n) is 2.33. The quantitative estimate of drug-likeness (QED) is 0.748. The first-order valence-corrected chi connectivity index (χ1v) is 4.61. The molecule has 1 aromatic rings. The van der Waals surface area contributed by atoms with E-state index in [-0.39, 0.29) is 0 Å². The Hall–Kier alpha value is -0.870. The summed E-state index contributed by atoms with van der Waals surface area (Å²) < 4.78 is 10.4. The van der Waals surface area contributed by atoms with Crippen LogP contribution in [0.4, 0.5) is 0 Å². The highest BCUT2D eigenvalue weighted by Crippen LogP contribution is 2.18. The highest BCUT2D eigenvalue weighted by atomic mass is 16.5. The Balaban J connectivity index is 1.92. The SMILES string of the molecule is NCc1cc(CC2CCOC2)on1. The van der Waals surface area contributed by atoms with Gasteiger partial charge >= 0.3 is 0 Å². The van der Waals surface area contributed by atoms with Gasteiger partial charge in [0.2, 0.25) is 0 Å². The largest absolute Gasteiger partial charge is 0.381 e. The summed E-state index contributed by atoms with van der Waals surface area (Å²) in [5, 5.41) is 3.84. The van der Waals surface area contributed by atoms with Crippen molar-refractivity contribution in [3.63, 3.8) is 0 Å². The summed E-state index contributed by atoms with van der Waals surface area (Å²) in [4.78, 5) is 0. The van der Waals surface area contributed by atoms with Gasteiger partial charge in [0.25, 0.3) is 0 Å². The summed E-state index contributed by atoms with van der Waals surface area (Å²) in [5.41, 5.74) is 6.25. The second kappa shape index (κ2) is 3.89. The predicted molar refractivity (Wildman–Crippen MR) is 47.0 cm³/mol. The molecule has 0 aromatic carbocycles. The molecule has 2 rings (SSSR count). The van der Waals surface area contributed by atoms with Crippen molar-refractivity contribution in [3.05, 3.63) is 17.5 Å². The van der Waals surface area contributed by atoms with Gasteiger partial charge in [-0.1, -0.05) is 5.16 Å². The predicted octanol–water partition coefficient (Wildman–Crippen LogP) is 0.712. The summed E-state index contributed by atoms with van der Waals surface area (Å²) in [5.74, 6) is 1.52. The van der Waals surface area contributed by atoms with Crippen molar-refractivity contribution in [1.82, 2.24) is 5.16 Å². The summed E-state index contributed by atoms with van der Waals surface area (Å²) >= 11 is 0. The molecule has 1 aromatic heterocycles. The van der Waals surface area contributed by atoms with E-state index in [1.807, 2.05) is 6.07 Å². The summed E-state index contributed by atoms with van der Waals surface area (Å²) in [6, 6.07) is 1.93. The molecule has 1 saturated heterocycles. The van der Waals surface area contributed by atoms with Crippen LogP contribution in [0, 0.1) is 5.92 Å². The monoisotopic (exact) mass is 182 g/mol. The lowest BCUT2D eigenvalue weighted by atomic mass is 10.0. The molecule has 13 heavy (non-hydrogen) atoms. The van der Waals surface area contributed by atoms with Crippen molar-refractivity contribution in [2.45, 2.75) is 19.4 Å². The average molecular weight is 182 g/mol. The molecule has 1 unspecified atom stereocenters. The zero-order valence-corrected chi connectivity index (χ0v) is 7.53. The fraction of sp³-hybridized carbons (Fsp3) is 0.667. The number of hydrogen-bond acceptors (Lipinski definition) is 4. The number of rotatable bonds is 3. The van der Waals surface area contributed by atoms with Crippen LogP contribution in [-0.4, -0.2) is 18.4 Å². The minimum absolute atomic E-state index is 0.449. The van der Waals surface area contributed by atoms with Gasteiger partial charge in [0.05, 0.1) is 5.69 Å². The standard InChI is InChI=1S/C9H14N2O2/c10-5-8-4-9(13-11-8)3-7-1-2-12-6-7/h4,7H,1-3,5-6,10H2. The van der Waals surface area contributed by atoms with Gasteiger partial charge < -0.3 is 15.0 Å². The van der Waals surface area contributed by atoms with E-state index in [0.29, 0.717) is 12.5 Å². The van der Waals surface area contributed by atoms with Crippen LogP contribution in [0.1, 0.15) is 17.9 Å². The van der Waals surface area contributed by atoms with E-state index in [1.54, 1.807) is 0 Å². The molecule has 1 aliphatic heterocycles. The summed E-state index contributed by atoms with van der Waals surface area (Å²) in [6.07, 6.45) is 2.05. The van der Waals surface area contributed by atoms with Gasteiger partial charge in [-0.3, -0.25) is 0 Å². The van der Waals surface area contributed by atoms with Crippen LogP contribution >= 0.6 is 0 Å². The Bertz CT molecular complexity index is 266. The number of nitrogens with two attached hydrogens (primary N) is 1. The minimum Gasteiger partial charge on any atom is -0.381 e. The lowest BCUT2D eigenvalue weighted by Crippen LogP contribution is -2.02. The van der Waals surface area contributed by atoms with Crippen molar-refractivity contribution in [2.75, 3.05) is 13.2 Å². The number of hydrogen-bond donors (Lipinski definition) is 1. The maximum Gasteiger partial charge on any atom is 0.137 e. The van der Waals surface area contributed by atoms with Crippen molar-refractivity contribution in [3.8, 4) is 0 Å². The van der Waals surface area contributed by atoms with E-state index in [4.69, 9.17) is 15.0 Å². The maximum absolute atomic E-state index is 5.42. The second-order valence-corrected chi connectivity index (χ2v) is 3.42. The van der Waals surface area contributed by atoms with Gasteiger partial charge in [0.1, 0.15) is 5.76 Å². The third kappa shape index (κ3) is 2.08. The molecule has 0 spiro atoms. The van der Waals surface area contributed by atoms with Gasteiger partial charge in [0.15, 0.2) is 0 Å². The first-order chi connectivity index (χ1) is 6.38. The van der Waals surface area contributed by atoms with Crippen LogP contribution in [0.25, 0.3) is 0 Å². The number of aromatic nitrogens is 1. The average Bonchev–Trinajstić information content (AvgIpc) is 2.76. The zero-order chi connectivity index (χ0) is 9.10. The fourth-order valence-electron chi connectivity index (χ4n) is 1.58. The number of ether oxygens (including phenoxy) is 1. The van der Waals surface area contributed by atoms with Crippen LogP contribution in [0.5, 0.6) is 0 Å². The Morgan fingerprint density at radius 2 is 2.54 bits per heavy atom. The smallest absolute Gasteiger partial charge is 0.137 e. The molecule has 2 heterocycles. The highest BCUT2D eigenvalue weighted by Gasteiger charge is 2.18. The third-order valence-corrected chi connectivity index (χ3v) is 2.33. The Morgan fingerprint density at radius 3 is 3.15 bits per heavy atom. The molecular formula is C9H14N2O2. The van der Waals surface area contributed by atoms with Crippen molar-refractivity contribution >= 4 is 0 Å². The second-order valence-electron chi connectivity index (χ2n) is 3.42. The Kier molecular flexibility index (Phi) is 2.61. The normalized spacial score (nSPS) is 22.4. The Labute approximate surface area is 77.0 Å². The molecule has 4 nitrogen and oxygen atoms in total. The van der Waals surface area contributed by atoms with Gasteiger partial charge in [-0.05, 0) is 12.3 Å². The molecular weight excluding hydrogens is 168 g/mol. The molecule has 1 atom stereocenters. The van der Waals surface area contributed by atoms with E-state index in [0.717, 1.165) is 37.5 Å². The van der Waals surface area contributed by atoms with E-state index < -0.39 is 0 Å². The van der Waals surface area contributed by atoms with Crippen LogP contribution in [0.2, 0.25) is 0 Å². The van der Waals surface area contributed by atoms with Gasteiger partial charge in [-0.15, -0.1) is 0 Å². The van der Waals surface area contributed by atoms with Gasteiger partial charge in [-0.25, -0.2) is 0 Å². The van der Waals surface area contributed by atoms with E-state index >= 15 is 0 Å². The topological polar surface area (TPSA) is 61.3 Å². The first kappa shape index (κ1) is 8.72. The lowest BCUT2D eigenvalue weighted by molar-refractivity contribution is 0.184. The molecule has 1 aliphatic rings. The lowest BCUT2D eigenvalue weighted by Gasteiger charge is -2.01. The first-order valence-electron chi connectivity index (χ1n) is 4.61. The van der Waals surface area contributed by atoms with Crippen LogP contribution in [0.3, 0.4) is 0 Å². The highest BCUT2D eigenvalue weighted by molar-refractivity contribution is 5.05. The number of nitrogens with zero attached hydrogens (tertiary/aromatic N) is 1. The molecule has 1 fully saturated rings. The van der Waals surface area contributed by atoms with Crippen LogP contribution in [0.15, 0.2) is 10.6 Å². The molecule has 0 aliphatic carbocycles. The maximum atomic E-state index is 5.42. The van der Waals surface area contributed by atoms with Crippen molar-refractivity contribution in [1.29, 1.82) is 0 Å². The van der Waals surface area contributed by atoms with E-state index in [1.165, 1.54) is 0 Å². The molecule has 0 bridgehead atoms. The van der Waals surface area contributed by atoms with Gasteiger partial charge in [0, 0.05) is 32.2 Å². The minimum atomic E-state index is 0.449. The van der Waals surface area contributed by atoms with Crippen molar-refractivity contribution in [2.24, 2.45) is 11.7 Å². The van der Waals surface area contributed by atoms with Gasteiger partial charge in [-0.2, -0.15) is 0 Å². The molecule has 0 saturated carbocycles. The molecule has 72 valence electrons. The zero-order valence-electron chi connectivity index (χ0n) is 7.53. The van der Waals surface area contributed by atoms with Crippen LogP contribution < -0.4 is 5.73 Å². The Morgan fingerprint density at radius 1 is 1.62 bits per heavy atom. The van der Waals surface area contributed by atoms with Crippen LogP contribution in [-0.2, 0) is 17.7 Å².